The second kappa shape index (κ2) is 10.2. The molecule has 0 saturated carbocycles. The molecule has 0 saturated heterocycles. The van der Waals surface area contributed by atoms with Crippen LogP contribution in [0.25, 0.3) is 10.9 Å². The molecule has 0 aliphatic heterocycles. The SMILES string of the molecule is CCN(CC)C(=O)Cn1cc(S(=O)(=O)CC(=O)NCc2ccccc2Cl)c2ccccc21. The van der Waals surface area contributed by atoms with Crippen LogP contribution in [0.4, 0.5) is 0 Å². The fourth-order valence-electron chi connectivity index (χ4n) is 3.55. The van der Waals surface area contributed by atoms with Crippen molar-refractivity contribution in [1.82, 2.24) is 14.8 Å². The predicted octanol–water partition coefficient (Wildman–Crippen LogP) is 3.25. The first-order valence-electron chi connectivity index (χ1n) is 10.3. The highest BCUT2D eigenvalue weighted by Crippen LogP contribution is 2.26. The van der Waals surface area contributed by atoms with Crippen LogP contribution >= 0.6 is 11.6 Å². The monoisotopic (exact) mass is 475 g/mol. The summed E-state index contributed by atoms with van der Waals surface area (Å²) >= 11 is 6.09. The van der Waals surface area contributed by atoms with Crippen LogP contribution in [0.15, 0.2) is 59.6 Å². The summed E-state index contributed by atoms with van der Waals surface area (Å²) in [6.07, 6.45) is 1.45. The van der Waals surface area contributed by atoms with Crippen molar-refractivity contribution < 1.29 is 18.0 Å². The molecule has 0 aliphatic carbocycles. The first-order chi connectivity index (χ1) is 15.3. The number of halogens is 1. The zero-order valence-corrected chi connectivity index (χ0v) is 19.6. The average Bonchev–Trinajstić information content (AvgIpc) is 3.13. The Labute approximate surface area is 192 Å². The molecular weight excluding hydrogens is 450 g/mol. The summed E-state index contributed by atoms with van der Waals surface area (Å²) in [6, 6.07) is 14.0. The van der Waals surface area contributed by atoms with Gasteiger partial charge in [-0.15, -0.1) is 0 Å². The van der Waals surface area contributed by atoms with Crippen LogP contribution in [-0.2, 0) is 32.5 Å². The molecule has 0 atom stereocenters. The van der Waals surface area contributed by atoms with Gasteiger partial charge in [0.15, 0.2) is 9.84 Å². The van der Waals surface area contributed by atoms with Crippen molar-refractivity contribution in [3.05, 3.63) is 65.3 Å². The van der Waals surface area contributed by atoms with Crippen molar-refractivity contribution in [2.45, 2.75) is 31.8 Å². The van der Waals surface area contributed by atoms with Crippen LogP contribution < -0.4 is 5.32 Å². The Hall–Kier alpha value is -2.84. The number of carbonyl (C=O) groups is 2. The Morgan fingerprint density at radius 2 is 1.69 bits per heavy atom. The molecule has 1 heterocycles. The van der Waals surface area contributed by atoms with Gasteiger partial charge in [-0.25, -0.2) is 8.42 Å². The average molecular weight is 476 g/mol. The number of benzene rings is 2. The molecule has 3 rings (SSSR count). The molecule has 1 N–H and O–H groups in total. The maximum atomic E-state index is 13.1. The Morgan fingerprint density at radius 1 is 1.03 bits per heavy atom. The topological polar surface area (TPSA) is 88.5 Å². The quantitative estimate of drug-likeness (QED) is 0.514. The second-order valence-corrected chi connectivity index (χ2v) is 9.70. The molecule has 3 aromatic rings. The number of rotatable bonds is 9. The van der Waals surface area contributed by atoms with E-state index in [1.807, 2.05) is 13.8 Å². The van der Waals surface area contributed by atoms with E-state index in [-0.39, 0.29) is 23.9 Å². The second-order valence-electron chi connectivity index (χ2n) is 7.33. The fourth-order valence-corrected chi connectivity index (χ4v) is 5.15. The first-order valence-corrected chi connectivity index (χ1v) is 12.4. The van der Waals surface area contributed by atoms with Gasteiger partial charge >= 0.3 is 0 Å². The number of hydrogen-bond acceptors (Lipinski definition) is 4. The van der Waals surface area contributed by atoms with E-state index in [4.69, 9.17) is 11.6 Å². The third-order valence-corrected chi connectivity index (χ3v) is 7.27. The lowest BCUT2D eigenvalue weighted by atomic mass is 10.2. The van der Waals surface area contributed by atoms with Gasteiger partial charge in [-0.05, 0) is 31.5 Å². The number of aromatic nitrogens is 1. The van der Waals surface area contributed by atoms with E-state index in [0.29, 0.717) is 34.6 Å². The van der Waals surface area contributed by atoms with Crippen molar-refractivity contribution in [3.8, 4) is 0 Å². The van der Waals surface area contributed by atoms with Gasteiger partial charge in [-0.2, -0.15) is 0 Å². The number of nitrogens with one attached hydrogen (secondary N) is 1. The lowest BCUT2D eigenvalue weighted by Crippen LogP contribution is -2.33. The summed E-state index contributed by atoms with van der Waals surface area (Å²) in [6.45, 7) is 5.10. The molecule has 0 aliphatic rings. The summed E-state index contributed by atoms with van der Waals surface area (Å²) < 4.78 is 27.8. The standard InChI is InChI=1S/C23H26ClN3O4S/c1-3-26(4-2)23(29)15-27-14-21(18-10-6-8-12-20(18)27)32(30,31)16-22(28)25-13-17-9-5-7-11-19(17)24/h5-12,14H,3-4,13,15-16H2,1-2H3,(H,25,28). The summed E-state index contributed by atoms with van der Waals surface area (Å²) in [5.41, 5.74) is 1.33. The van der Waals surface area contributed by atoms with Crippen molar-refractivity contribution >= 4 is 44.2 Å². The minimum absolute atomic E-state index is 0.0242. The van der Waals surface area contributed by atoms with E-state index in [0.717, 1.165) is 0 Å². The number of fused-ring (bicyclic) bond motifs is 1. The molecule has 170 valence electrons. The number of para-hydroxylation sites is 1. The lowest BCUT2D eigenvalue weighted by Gasteiger charge is -2.19. The summed E-state index contributed by atoms with van der Waals surface area (Å²) in [7, 11) is -3.94. The zero-order valence-electron chi connectivity index (χ0n) is 18.0. The van der Waals surface area contributed by atoms with Crippen LogP contribution in [0, 0.1) is 0 Å². The highest BCUT2D eigenvalue weighted by molar-refractivity contribution is 7.92. The van der Waals surface area contributed by atoms with E-state index in [9.17, 15) is 18.0 Å². The summed E-state index contributed by atoms with van der Waals surface area (Å²) in [5.74, 6) is -1.42. The minimum atomic E-state index is -3.94. The van der Waals surface area contributed by atoms with Gasteiger partial charge < -0.3 is 14.8 Å². The lowest BCUT2D eigenvalue weighted by molar-refractivity contribution is -0.131. The van der Waals surface area contributed by atoms with Crippen LogP contribution in [0.2, 0.25) is 5.02 Å². The van der Waals surface area contributed by atoms with Gasteiger partial charge in [0.1, 0.15) is 12.3 Å². The molecule has 9 heteroatoms. The van der Waals surface area contributed by atoms with Crippen molar-refractivity contribution in [3.63, 3.8) is 0 Å². The van der Waals surface area contributed by atoms with E-state index >= 15 is 0 Å². The van der Waals surface area contributed by atoms with Crippen molar-refractivity contribution in [2.24, 2.45) is 0 Å². The Morgan fingerprint density at radius 3 is 2.38 bits per heavy atom. The minimum Gasteiger partial charge on any atom is -0.351 e. The number of hydrogen-bond donors (Lipinski definition) is 1. The van der Waals surface area contributed by atoms with Gasteiger partial charge in [0, 0.05) is 41.8 Å². The van der Waals surface area contributed by atoms with E-state index in [1.165, 1.54) is 6.20 Å². The molecule has 0 unspecified atom stereocenters. The molecule has 1 aromatic heterocycles. The van der Waals surface area contributed by atoms with Crippen molar-refractivity contribution in [1.29, 1.82) is 0 Å². The fraction of sp³-hybridized carbons (Fsp3) is 0.304. The van der Waals surface area contributed by atoms with E-state index in [2.05, 4.69) is 5.32 Å². The van der Waals surface area contributed by atoms with Crippen LogP contribution in [-0.4, -0.2) is 48.5 Å². The molecular formula is C23H26ClN3O4S. The third kappa shape index (κ3) is 5.31. The maximum absolute atomic E-state index is 13.1. The predicted molar refractivity (Wildman–Crippen MR) is 125 cm³/mol. The molecule has 0 fully saturated rings. The smallest absolute Gasteiger partial charge is 0.242 e. The summed E-state index contributed by atoms with van der Waals surface area (Å²) in [4.78, 5) is 26.7. The summed E-state index contributed by atoms with van der Waals surface area (Å²) in [5, 5.41) is 3.59. The molecule has 7 nitrogen and oxygen atoms in total. The first kappa shape index (κ1) is 23.8. The van der Waals surface area contributed by atoms with E-state index in [1.54, 1.807) is 58.0 Å². The van der Waals surface area contributed by atoms with Gasteiger partial charge in [0.25, 0.3) is 0 Å². The van der Waals surface area contributed by atoms with Gasteiger partial charge in [-0.1, -0.05) is 48.0 Å². The van der Waals surface area contributed by atoms with Gasteiger partial charge in [-0.3, -0.25) is 9.59 Å². The highest BCUT2D eigenvalue weighted by Gasteiger charge is 2.25. The van der Waals surface area contributed by atoms with Gasteiger partial charge in [0.2, 0.25) is 11.8 Å². The number of carbonyl (C=O) groups excluding carboxylic acids is 2. The number of likely N-dealkylation sites (N-methyl/N-ethyl adjacent to an activating group) is 1. The molecule has 2 amide bonds. The highest BCUT2D eigenvalue weighted by atomic mass is 35.5. The zero-order chi connectivity index (χ0) is 23.3. The Bertz CT molecular complexity index is 1230. The normalized spacial score (nSPS) is 11.5. The van der Waals surface area contributed by atoms with Crippen LogP contribution in [0.1, 0.15) is 19.4 Å². The molecule has 0 spiro atoms. The van der Waals surface area contributed by atoms with Crippen molar-refractivity contribution in [2.75, 3.05) is 18.8 Å². The molecule has 0 radical (unpaired) electrons. The molecule has 32 heavy (non-hydrogen) atoms. The largest absolute Gasteiger partial charge is 0.351 e. The Balaban J connectivity index is 1.82. The number of sulfone groups is 1. The maximum Gasteiger partial charge on any atom is 0.242 e. The van der Waals surface area contributed by atoms with Gasteiger partial charge in [0.05, 0.1) is 4.90 Å². The van der Waals surface area contributed by atoms with Crippen LogP contribution in [0.3, 0.4) is 0 Å². The Kier molecular flexibility index (Phi) is 7.58. The third-order valence-electron chi connectivity index (χ3n) is 5.26. The van der Waals surface area contributed by atoms with Crippen LogP contribution in [0.5, 0.6) is 0 Å². The number of amides is 2. The van der Waals surface area contributed by atoms with E-state index < -0.39 is 21.5 Å². The molecule has 2 aromatic carbocycles. The number of nitrogens with zero attached hydrogens (tertiary/aromatic N) is 2. The molecule has 0 bridgehead atoms.